The van der Waals surface area contributed by atoms with Crippen molar-refractivity contribution in [1.29, 1.82) is 0 Å². The number of fused-ring (bicyclic) bond motifs is 2. The predicted octanol–water partition coefficient (Wildman–Crippen LogP) is 1.86. The molecule has 2 aliphatic heterocycles. The van der Waals surface area contributed by atoms with Crippen LogP contribution in [0.25, 0.3) is 0 Å². The lowest BCUT2D eigenvalue weighted by atomic mass is 9.74. The lowest BCUT2D eigenvalue weighted by molar-refractivity contribution is -0.121. The maximum Gasteiger partial charge on any atom is 0.252 e. The maximum atomic E-state index is 12.2. The van der Waals surface area contributed by atoms with Gasteiger partial charge in [-0.2, -0.15) is 0 Å². The molecule has 1 fully saturated rings. The summed E-state index contributed by atoms with van der Waals surface area (Å²) < 4.78 is 2.22. The molecule has 1 spiro atoms. The third-order valence-electron chi connectivity index (χ3n) is 5.82. The maximum absolute atomic E-state index is 12.2. The molecule has 5 nitrogen and oxygen atoms in total. The van der Waals surface area contributed by atoms with Crippen LogP contribution in [0.15, 0.2) is 48.8 Å². The van der Waals surface area contributed by atoms with Crippen LogP contribution in [0.1, 0.15) is 18.4 Å². The largest absolute Gasteiger partial charge is 0.387 e. The van der Waals surface area contributed by atoms with Crippen LogP contribution in [-0.4, -0.2) is 53.3 Å². The number of aliphatic hydroxyl groups is 1. The predicted molar refractivity (Wildman–Crippen MR) is 97.7 cm³/mol. The highest BCUT2D eigenvalue weighted by molar-refractivity contribution is 5.97. The van der Waals surface area contributed by atoms with E-state index in [2.05, 4.69) is 46.1 Å². The first kappa shape index (κ1) is 16.4. The van der Waals surface area contributed by atoms with Crippen molar-refractivity contribution in [3.63, 3.8) is 0 Å². The van der Waals surface area contributed by atoms with Gasteiger partial charge in [0.1, 0.15) is 6.61 Å². The molecule has 5 heteroatoms. The fourth-order valence-electron chi connectivity index (χ4n) is 4.35. The van der Waals surface area contributed by atoms with Gasteiger partial charge in [0.15, 0.2) is 0 Å². The number of amides is 1. The first-order valence-corrected chi connectivity index (χ1v) is 9.06. The Morgan fingerprint density at radius 2 is 1.76 bits per heavy atom. The summed E-state index contributed by atoms with van der Waals surface area (Å²) in [6, 6.07) is 12.3. The number of carbonyl (C=O) groups is 1. The average Bonchev–Trinajstić information content (AvgIpc) is 3.28. The molecule has 25 heavy (non-hydrogen) atoms. The number of piperidine rings is 1. The number of aliphatic hydroxyl groups excluding tert-OH is 1. The zero-order chi connectivity index (χ0) is 17.3. The molecule has 4 rings (SSSR count). The Balaban J connectivity index is 1.46. The summed E-state index contributed by atoms with van der Waals surface area (Å²) in [4.78, 5) is 16.5. The minimum absolute atomic E-state index is 0.0470. The van der Waals surface area contributed by atoms with Crippen LogP contribution in [0.2, 0.25) is 0 Å². The minimum atomic E-state index is -0.423. The van der Waals surface area contributed by atoms with Gasteiger partial charge < -0.3 is 19.5 Å². The molecule has 2 aromatic rings. The van der Waals surface area contributed by atoms with E-state index in [9.17, 15) is 9.90 Å². The molecule has 0 atom stereocenters. The van der Waals surface area contributed by atoms with E-state index in [0.29, 0.717) is 6.54 Å². The molecule has 3 heterocycles. The zero-order valence-corrected chi connectivity index (χ0v) is 14.5. The monoisotopic (exact) mass is 339 g/mol. The molecule has 2 aliphatic rings. The van der Waals surface area contributed by atoms with Crippen LogP contribution in [0.3, 0.4) is 0 Å². The summed E-state index contributed by atoms with van der Waals surface area (Å²) in [5.74, 6) is -0.195. The Hall–Kier alpha value is -2.11. The van der Waals surface area contributed by atoms with Gasteiger partial charge in [-0.25, -0.2) is 0 Å². The highest BCUT2D eigenvalue weighted by Gasteiger charge is 2.45. The van der Waals surface area contributed by atoms with Crippen molar-refractivity contribution in [3.8, 4) is 0 Å². The molecular formula is C20H25N3O2. The standard InChI is InChI=1S/C20H25N3O2/c24-15-19(25)23-16-20(17-5-1-2-6-18(17)23)7-11-22(12-8-20)14-13-21-9-3-4-10-21/h1-6,9-10,24H,7-8,11-16H2. The van der Waals surface area contributed by atoms with Crippen LogP contribution in [0.4, 0.5) is 5.69 Å². The van der Waals surface area contributed by atoms with E-state index < -0.39 is 6.61 Å². The minimum Gasteiger partial charge on any atom is -0.387 e. The second kappa shape index (κ2) is 6.65. The second-order valence-corrected chi connectivity index (χ2v) is 7.20. The molecule has 1 aromatic heterocycles. The lowest BCUT2D eigenvalue weighted by Gasteiger charge is -2.40. The fraction of sp³-hybridized carbons (Fsp3) is 0.450. The number of hydrogen-bond donors (Lipinski definition) is 1. The van der Waals surface area contributed by atoms with Gasteiger partial charge in [0, 0.05) is 43.1 Å². The topological polar surface area (TPSA) is 48.7 Å². The summed E-state index contributed by atoms with van der Waals surface area (Å²) in [6.45, 7) is 4.47. The normalized spacial score (nSPS) is 19.3. The van der Waals surface area contributed by atoms with Crippen LogP contribution in [0.5, 0.6) is 0 Å². The lowest BCUT2D eigenvalue weighted by Crippen LogP contribution is -2.47. The third kappa shape index (κ3) is 2.98. The van der Waals surface area contributed by atoms with Gasteiger partial charge in [-0.15, -0.1) is 0 Å². The fourth-order valence-corrected chi connectivity index (χ4v) is 4.35. The molecule has 1 saturated heterocycles. The number of benzene rings is 1. The van der Waals surface area contributed by atoms with E-state index in [-0.39, 0.29) is 11.3 Å². The van der Waals surface area contributed by atoms with Crippen molar-refractivity contribution in [3.05, 3.63) is 54.4 Å². The number of hydrogen-bond acceptors (Lipinski definition) is 3. The van der Waals surface area contributed by atoms with Crippen molar-refractivity contribution in [2.24, 2.45) is 0 Å². The molecule has 0 bridgehead atoms. The first-order valence-electron chi connectivity index (χ1n) is 9.06. The van der Waals surface area contributed by atoms with Crippen molar-refractivity contribution in [2.75, 3.05) is 37.7 Å². The van der Waals surface area contributed by atoms with Gasteiger partial charge >= 0.3 is 0 Å². The number of carbonyl (C=O) groups excluding carboxylic acids is 1. The first-order chi connectivity index (χ1) is 12.2. The SMILES string of the molecule is O=C(CO)N1CC2(CCN(CCn3cccc3)CC2)c2ccccc21. The summed E-state index contributed by atoms with van der Waals surface area (Å²) >= 11 is 0. The number of nitrogens with zero attached hydrogens (tertiary/aromatic N) is 3. The Labute approximate surface area is 148 Å². The van der Waals surface area contributed by atoms with Crippen molar-refractivity contribution >= 4 is 11.6 Å². The van der Waals surface area contributed by atoms with Crippen LogP contribution in [0, 0.1) is 0 Å². The molecule has 0 aliphatic carbocycles. The van der Waals surface area contributed by atoms with Crippen LogP contribution >= 0.6 is 0 Å². The molecule has 0 unspecified atom stereocenters. The highest BCUT2D eigenvalue weighted by atomic mass is 16.3. The number of aromatic nitrogens is 1. The Kier molecular flexibility index (Phi) is 4.36. The second-order valence-electron chi connectivity index (χ2n) is 7.20. The Bertz CT molecular complexity index is 733. The highest BCUT2D eigenvalue weighted by Crippen LogP contribution is 2.46. The molecule has 1 amide bonds. The molecule has 132 valence electrons. The van der Waals surface area contributed by atoms with Crippen LogP contribution < -0.4 is 4.90 Å². The van der Waals surface area contributed by atoms with E-state index in [1.807, 2.05) is 12.1 Å². The third-order valence-corrected chi connectivity index (χ3v) is 5.82. The van der Waals surface area contributed by atoms with Crippen LogP contribution in [-0.2, 0) is 16.8 Å². The summed E-state index contributed by atoms with van der Waals surface area (Å²) in [5, 5.41) is 9.31. The quantitative estimate of drug-likeness (QED) is 0.925. The van der Waals surface area contributed by atoms with E-state index in [1.54, 1.807) is 4.90 Å². The van der Waals surface area contributed by atoms with E-state index in [1.165, 1.54) is 5.56 Å². The smallest absolute Gasteiger partial charge is 0.252 e. The van der Waals surface area contributed by atoms with Gasteiger partial charge in [-0.1, -0.05) is 18.2 Å². The molecule has 0 radical (unpaired) electrons. The average molecular weight is 339 g/mol. The Morgan fingerprint density at radius 3 is 2.48 bits per heavy atom. The summed E-state index contributed by atoms with van der Waals surface area (Å²) in [7, 11) is 0. The van der Waals surface area contributed by atoms with Gasteiger partial charge in [-0.05, 0) is 49.7 Å². The van der Waals surface area contributed by atoms with E-state index in [4.69, 9.17) is 0 Å². The van der Waals surface area contributed by atoms with Crippen molar-refractivity contribution < 1.29 is 9.90 Å². The number of anilines is 1. The zero-order valence-electron chi connectivity index (χ0n) is 14.5. The van der Waals surface area contributed by atoms with Gasteiger partial charge in [0.05, 0.1) is 0 Å². The molecule has 1 N–H and O–H groups in total. The molecular weight excluding hydrogens is 314 g/mol. The van der Waals surface area contributed by atoms with Crippen molar-refractivity contribution in [2.45, 2.75) is 24.8 Å². The van der Waals surface area contributed by atoms with E-state index in [0.717, 1.165) is 44.7 Å². The van der Waals surface area contributed by atoms with Gasteiger partial charge in [0.25, 0.3) is 5.91 Å². The van der Waals surface area contributed by atoms with Crippen molar-refractivity contribution in [1.82, 2.24) is 9.47 Å². The summed E-state index contributed by atoms with van der Waals surface area (Å²) in [6.07, 6.45) is 6.34. The molecule has 1 aromatic carbocycles. The number of rotatable bonds is 4. The van der Waals surface area contributed by atoms with E-state index >= 15 is 0 Å². The summed E-state index contributed by atoms with van der Waals surface area (Å²) in [5.41, 5.74) is 2.31. The molecule has 0 saturated carbocycles. The number of likely N-dealkylation sites (tertiary alicyclic amines) is 1. The number of para-hydroxylation sites is 1. The van der Waals surface area contributed by atoms with Gasteiger partial charge in [0.2, 0.25) is 0 Å². The van der Waals surface area contributed by atoms with Gasteiger partial charge in [-0.3, -0.25) is 4.79 Å². The Morgan fingerprint density at radius 1 is 1.04 bits per heavy atom.